The molecule has 28 heavy (non-hydrogen) atoms. The molecule has 2 fully saturated rings. The van der Waals surface area contributed by atoms with Gasteiger partial charge in [0.15, 0.2) is 5.96 Å². The summed E-state index contributed by atoms with van der Waals surface area (Å²) in [5.74, 6) is 1.57. The monoisotopic (exact) mass is 386 g/mol. The van der Waals surface area contributed by atoms with Crippen molar-refractivity contribution >= 4 is 17.6 Å². The Morgan fingerprint density at radius 1 is 1.14 bits per heavy atom. The van der Waals surface area contributed by atoms with E-state index in [0.717, 1.165) is 58.1 Å². The first-order chi connectivity index (χ1) is 13.7. The van der Waals surface area contributed by atoms with Crippen LogP contribution in [0, 0.1) is 11.8 Å². The summed E-state index contributed by atoms with van der Waals surface area (Å²) in [6.07, 6.45) is 2.87. The van der Waals surface area contributed by atoms with E-state index in [1.165, 1.54) is 12.1 Å². The van der Waals surface area contributed by atoms with E-state index in [9.17, 15) is 4.79 Å². The van der Waals surface area contributed by atoms with Gasteiger partial charge in [0.25, 0.3) is 0 Å². The second-order valence-corrected chi connectivity index (χ2v) is 7.64. The van der Waals surface area contributed by atoms with E-state index in [-0.39, 0.29) is 11.9 Å². The summed E-state index contributed by atoms with van der Waals surface area (Å²) in [6, 6.07) is 10.6. The lowest BCUT2D eigenvalue weighted by molar-refractivity contribution is -0.149. The van der Waals surface area contributed by atoms with E-state index >= 15 is 0 Å². The molecule has 154 valence electrons. The number of hydrogen-bond donors (Lipinski definition) is 1. The van der Waals surface area contributed by atoms with Gasteiger partial charge in [0, 0.05) is 45.0 Å². The third kappa shape index (κ3) is 5.40. The number of rotatable bonds is 6. The number of benzene rings is 1. The third-order valence-corrected chi connectivity index (χ3v) is 5.66. The van der Waals surface area contributed by atoms with Crippen molar-refractivity contribution in [1.29, 1.82) is 0 Å². The summed E-state index contributed by atoms with van der Waals surface area (Å²) in [4.78, 5) is 21.6. The van der Waals surface area contributed by atoms with Gasteiger partial charge in [-0.25, -0.2) is 0 Å². The van der Waals surface area contributed by atoms with Gasteiger partial charge in [-0.2, -0.15) is 0 Å². The van der Waals surface area contributed by atoms with E-state index in [2.05, 4.69) is 52.4 Å². The number of para-hydroxylation sites is 1. The number of aliphatic imine (C=N–C) groups is 1. The molecule has 0 aromatic heterocycles. The molecule has 3 rings (SSSR count). The molecule has 2 saturated heterocycles. The molecule has 0 spiro atoms. The van der Waals surface area contributed by atoms with Crippen molar-refractivity contribution < 1.29 is 9.53 Å². The zero-order valence-electron chi connectivity index (χ0n) is 17.3. The molecule has 1 aromatic carbocycles. The summed E-state index contributed by atoms with van der Waals surface area (Å²) in [7, 11) is 0. The van der Waals surface area contributed by atoms with Crippen molar-refractivity contribution in [2.24, 2.45) is 16.8 Å². The number of carbonyl (C=O) groups is 1. The van der Waals surface area contributed by atoms with Crippen molar-refractivity contribution in [3.63, 3.8) is 0 Å². The molecule has 1 aromatic rings. The van der Waals surface area contributed by atoms with Gasteiger partial charge in [-0.1, -0.05) is 18.2 Å². The van der Waals surface area contributed by atoms with Crippen LogP contribution in [0.1, 0.15) is 33.1 Å². The van der Waals surface area contributed by atoms with Gasteiger partial charge in [-0.15, -0.1) is 0 Å². The minimum atomic E-state index is -0.0453. The zero-order valence-corrected chi connectivity index (χ0v) is 17.3. The highest BCUT2D eigenvalue weighted by molar-refractivity contribution is 5.80. The van der Waals surface area contributed by atoms with Crippen LogP contribution in [-0.4, -0.2) is 62.7 Å². The van der Waals surface area contributed by atoms with Crippen molar-refractivity contribution in [2.45, 2.75) is 33.1 Å². The maximum atomic E-state index is 12.0. The van der Waals surface area contributed by atoms with Crippen molar-refractivity contribution in [3.05, 3.63) is 30.3 Å². The summed E-state index contributed by atoms with van der Waals surface area (Å²) >= 11 is 0. The number of piperidine rings is 1. The molecule has 1 unspecified atom stereocenters. The second-order valence-electron chi connectivity index (χ2n) is 7.64. The second kappa shape index (κ2) is 10.3. The Morgan fingerprint density at radius 2 is 1.89 bits per heavy atom. The van der Waals surface area contributed by atoms with E-state index in [0.29, 0.717) is 12.5 Å². The molecule has 2 heterocycles. The average molecular weight is 387 g/mol. The first kappa shape index (κ1) is 20.5. The van der Waals surface area contributed by atoms with Crippen LogP contribution in [0.4, 0.5) is 5.69 Å². The Morgan fingerprint density at radius 3 is 2.57 bits per heavy atom. The van der Waals surface area contributed by atoms with Gasteiger partial charge in [-0.05, 0) is 51.2 Å². The smallest absolute Gasteiger partial charge is 0.309 e. The highest BCUT2D eigenvalue weighted by Crippen LogP contribution is 2.24. The lowest BCUT2D eigenvalue weighted by atomic mass is 9.97. The Labute approximate surface area is 168 Å². The normalized spacial score (nSPS) is 21.1. The predicted octanol–water partition coefficient (Wildman–Crippen LogP) is 2.75. The Bertz CT molecular complexity index is 641. The van der Waals surface area contributed by atoms with Crippen LogP contribution in [0.5, 0.6) is 0 Å². The number of hydrogen-bond acceptors (Lipinski definition) is 4. The molecule has 0 radical (unpaired) electrons. The average Bonchev–Trinajstić information content (AvgIpc) is 3.21. The van der Waals surface area contributed by atoms with Crippen LogP contribution in [0.25, 0.3) is 0 Å². The predicted molar refractivity (Wildman–Crippen MR) is 114 cm³/mol. The highest BCUT2D eigenvalue weighted by Gasteiger charge is 2.28. The van der Waals surface area contributed by atoms with Crippen molar-refractivity contribution in [2.75, 3.05) is 50.8 Å². The molecular formula is C22H34N4O2. The number of guanidine groups is 1. The summed E-state index contributed by atoms with van der Waals surface area (Å²) < 4.78 is 5.18. The van der Waals surface area contributed by atoms with Crippen LogP contribution < -0.4 is 10.2 Å². The van der Waals surface area contributed by atoms with Gasteiger partial charge in [0.1, 0.15) is 0 Å². The van der Waals surface area contributed by atoms with E-state index in [1.807, 2.05) is 6.92 Å². The Kier molecular flexibility index (Phi) is 7.57. The fraction of sp³-hybridized carbons (Fsp3) is 0.636. The molecule has 0 amide bonds. The Balaban J connectivity index is 1.52. The van der Waals surface area contributed by atoms with E-state index in [1.54, 1.807) is 0 Å². The first-order valence-corrected chi connectivity index (χ1v) is 10.7. The van der Waals surface area contributed by atoms with Gasteiger partial charge >= 0.3 is 5.97 Å². The highest BCUT2D eigenvalue weighted by atomic mass is 16.5. The van der Waals surface area contributed by atoms with E-state index < -0.39 is 0 Å². The lowest BCUT2D eigenvalue weighted by Gasteiger charge is -2.33. The minimum Gasteiger partial charge on any atom is -0.466 e. The standard InChI is InChI=1S/C22H34N4O2/c1-3-23-22(25-14-11-19(12-15-25)21(27)28-4-2)24-16-18-10-13-26(17-18)20-8-6-5-7-9-20/h5-9,18-19H,3-4,10-17H2,1-2H3,(H,23,24). The van der Waals surface area contributed by atoms with Gasteiger partial charge in [-0.3, -0.25) is 9.79 Å². The first-order valence-electron chi connectivity index (χ1n) is 10.7. The summed E-state index contributed by atoms with van der Waals surface area (Å²) in [5, 5.41) is 3.43. The molecule has 1 N–H and O–H groups in total. The van der Waals surface area contributed by atoms with Crippen LogP contribution in [0.3, 0.4) is 0 Å². The van der Waals surface area contributed by atoms with Gasteiger partial charge < -0.3 is 19.9 Å². The van der Waals surface area contributed by atoms with Crippen LogP contribution in [0.2, 0.25) is 0 Å². The fourth-order valence-corrected chi connectivity index (χ4v) is 4.08. The number of anilines is 1. The largest absolute Gasteiger partial charge is 0.466 e. The maximum Gasteiger partial charge on any atom is 0.309 e. The van der Waals surface area contributed by atoms with Gasteiger partial charge in [0.05, 0.1) is 12.5 Å². The van der Waals surface area contributed by atoms with Gasteiger partial charge in [0.2, 0.25) is 0 Å². The lowest BCUT2D eigenvalue weighted by Crippen LogP contribution is -2.47. The number of nitrogens with one attached hydrogen (secondary N) is 1. The van der Waals surface area contributed by atoms with E-state index in [4.69, 9.17) is 9.73 Å². The Hall–Kier alpha value is -2.24. The number of esters is 1. The molecule has 0 aliphatic carbocycles. The molecule has 0 saturated carbocycles. The van der Waals surface area contributed by atoms with Crippen LogP contribution in [0.15, 0.2) is 35.3 Å². The zero-order chi connectivity index (χ0) is 19.8. The fourth-order valence-electron chi connectivity index (χ4n) is 4.08. The van der Waals surface area contributed by atoms with Crippen LogP contribution >= 0.6 is 0 Å². The maximum absolute atomic E-state index is 12.0. The molecule has 0 bridgehead atoms. The molecule has 2 aliphatic heterocycles. The third-order valence-electron chi connectivity index (χ3n) is 5.66. The van der Waals surface area contributed by atoms with Crippen LogP contribution in [-0.2, 0) is 9.53 Å². The number of likely N-dealkylation sites (tertiary alicyclic amines) is 1. The SMILES string of the molecule is CCNC(=NCC1CCN(c2ccccc2)C1)N1CCC(C(=O)OCC)CC1. The topological polar surface area (TPSA) is 57.2 Å². The minimum absolute atomic E-state index is 0.0355. The molecule has 1 atom stereocenters. The number of carbonyl (C=O) groups excluding carboxylic acids is 1. The molecule has 6 nitrogen and oxygen atoms in total. The molecule has 6 heteroatoms. The summed E-state index contributed by atoms with van der Waals surface area (Å²) in [5.41, 5.74) is 1.31. The number of ether oxygens (including phenoxy) is 1. The quantitative estimate of drug-likeness (QED) is 0.463. The summed E-state index contributed by atoms with van der Waals surface area (Å²) in [6.45, 7) is 10.0. The van der Waals surface area contributed by atoms with Crippen molar-refractivity contribution in [1.82, 2.24) is 10.2 Å². The molecule has 2 aliphatic rings. The van der Waals surface area contributed by atoms with Crippen molar-refractivity contribution in [3.8, 4) is 0 Å². The molecular weight excluding hydrogens is 352 g/mol. The number of nitrogens with zero attached hydrogens (tertiary/aromatic N) is 3.